The summed E-state index contributed by atoms with van der Waals surface area (Å²) in [5.41, 5.74) is 5.66. The van der Waals surface area contributed by atoms with E-state index in [1.807, 2.05) is 0 Å². The Bertz CT molecular complexity index is 466. The van der Waals surface area contributed by atoms with Crippen molar-refractivity contribution in [2.24, 2.45) is 0 Å². The van der Waals surface area contributed by atoms with Gasteiger partial charge in [-0.25, -0.2) is 0 Å². The summed E-state index contributed by atoms with van der Waals surface area (Å²) in [4.78, 5) is 0. The first-order valence-corrected chi connectivity index (χ1v) is 4.61. The summed E-state index contributed by atoms with van der Waals surface area (Å²) in [6, 6.07) is 10.8. The van der Waals surface area contributed by atoms with Gasteiger partial charge in [-0.1, -0.05) is 12.1 Å². The van der Waals surface area contributed by atoms with Crippen LogP contribution >= 0.6 is 0 Å². The predicted molar refractivity (Wildman–Crippen MR) is 53.3 cm³/mol. The summed E-state index contributed by atoms with van der Waals surface area (Å²) in [5.74, 6) is 0. The SMILES string of the molecule is Cc1cccc2c1Cc1cccn1-2. The van der Waals surface area contributed by atoms with Gasteiger partial charge in [-0.2, -0.15) is 0 Å². The summed E-state index contributed by atoms with van der Waals surface area (Å²) < 4.78 is 2.28. The highest BCUT2D eigenvalue weighted by molar-refractivity contribution is 5.53. The van der Waals surface area contributed by atoms with Crippen LogP contribution in [0.25, 0.3) is 5.69 Å². The van der Waals surface area contributed by atoms with Gasteiger partial charge in [-0.3, -0.25) is 0 Å². The first-order valence-electron chi connectivity index (χ1n) is 4.61. The molecule has 0 unspecified atom stereocenters. The highest BCUT2D eigenvalue weighted by Crippen LogP contribution is 2.29. The average Bonchev–Trinajstić information content (AvgIpc) is 2.65. The molecular formula is C12H11N. The molecule has 2 heterocycles. The predicted octanol–water partition coefficient (Wildman–Crippen LogP) is 2.69. The van der Waals surface area contributed by atoms with Crippen molar-refractivity contribution in [3.63, 3.8) is 0 Å². The quantitative estimate of drug-likeness (QED) is 0.487. The van der Waals surface area contributed by atoms with Crippen LogP contribution in [0.3, 0.4) is 0 Å². The highest BCUT2D eigenvalue weighted by Gasteiger charge is 2.17. The largest absolute Gasteiger partial charge is 0.320 e. The number of hydrogen-bond acceptors (Lipinski definition) is 0. The van der Waals surface area contributed by atoms with Gasteiger partial charge in [0.2, 0.25) is 0 Å². The van der Waals surface area contributed by atoms with Crippen molar-refractivity contribution in [3.8, 4) is 5.69 Å². The number of nitrogens with zero attached hydrogens (tertiary/aromatic N) is 1. The molecule has 0 saturated carbocycles. The van der Waals surface area contributed by atoms with E-state index in [1.165, 1.54) is 22.5 Å². The third-order valence-corrected chi connectivity index (χ3v) is 2.84. The molecule has 0 bridgehead atoms. The number of aromatic nitrogens is 1. The van der Waals surface area contributed by atoms with Crippen molar-refractivity contribution in [2.45, 2.75) is 13.3 Å². The van der Waals surface area contributed by atoms with Crippen molar-refractivity contribution in [1.29, 1.82) is 0 Å². The Labute approximate surface area is 77.6 Å². The monoisotopic (exact) mass is 169 g/mol. The van der Waals surface area contributed by atoms with Crippen LogP contribution in [0.1, 0.15) is 16.8 Å². The zero-order valence-corrected chi connectivity index (χ0v) is 7.62. The molecule has 1 aliphatic rings. The van der Waals surface area contributed by atoms with Gasteiger partial charge in [-0.05, 0) is 36.2 Å². The van der Waals surface area contributed by atoms with Crippen LogP contribution in [-0.4, -0.2) is 4.57 Å². The first-order chi connectivity index (χ1) is 6.36. The summed E-state index contributed by atoms with van der Waals surface area (Å²) in [7, 11) is 0. The van der Waals surface area contributed by atoms with E-state index in [-0.39, 0.29) is 0 Å². The van der Waals surface area contributed by atoms with Gasteiger partial charge in [0, 0.05) is 24.0 Å². The molecule has 3 rings (SSSR count). The van der Waals surface area contributed by atoms with Crippen molar-refractivity contribution < 1.29 is 0 Å². The maximum Gasteiger partial charge on any atom is 0.0490 e. The topological polar surface area (TPSA) is 4.93 Å². The fourth-order valence-electron chi connectivity index (χ4n) is 2.12. The van der Waals surface area contributed by atoms with Crippen molar-refractivity contribution in [3.05, 3.63) is 53.3 Å². The Morgan fingerprint density at radius 2 is 2.08 bits per heavy atom. The molecule has 1 heteroatoms. The molecule has 0 fully saturated rings. The smallest absolute Gasteiger partial charge is 0.0490 e. The van der Waals surface area contributed by atoms with Crippen molar-refractivity contribution in [2.75, 3.05) is 0 Å². The van der Waals surface area contributed by atoms with E-state index in [0.29, 0.717) is 0 Å². The average molecular weight is 169 g/mol. The number of benzene rings is 1. The minimum absolute atomic E-state index is 1.09. The van der Waals surface area contributed by atoms with Crippen LogP contribution in [0.5, 0.6) is 0 Å². The lowest BCUT2D eigenvalue weighted by molar-refractivity contribution is 1.05. The third-order valence-electron chi connectivity index (χ3n) is 2.84. The fourth-order valence-corrected chi connectivity index (χ4v) is 2.12. The number of fused-ring (bicyclic) bond motifs is 3. The van der Waals surface area contributed by atoms with Gasteiger partial charge < -0.3 is 4.57 Å². The maximum atomic E-state index is 2.28. The van der Waals surface area contributed by atoms with E-state index >= 15 is 0 Å². The molecule has 1 aromatic carbocycles. The Hall–Kier alpha value is -1.50. The molecule has 0 aliphatic carbocycles. The second-order valence-corrected chi connectivity index (χ2v) is 3.62. The molecule has 1 aromatic heterocycles. The third kappa shape index (κ3) is 0.816. The molecule has 0 atom stereocenters. The summed E-state index contributed by atoms with van der Waals surface area (Å²) in [6.07, 6.45) is 3.23. The lowest BCUT2D eigenvalue weighted by atomic mass is 10.1. The molecule has 1 aliphatic heterocycles. The molecule has 0 spiro atoms. The molecule has 64 valence electrons. The van der Waals surface area contributed by atoms with Crippen LogP contribution in [-0.2, 0) is 6.42 Å². The summed E-state index contributed by atoms with van der Waals surface area (Å²) in [6.45, 7) is 2.19. The minimum Gasteiger partial charge on any atom is -0.320 e. The van der Waals surface area contributed by atoms with Crippen LogP contribution in [0.4, 0.5) is 0 Å². The molecule has 0 saturated heterocycles. The van der Waals surface area contributed by atoms with Gasteiger partial charge in [0.15, 0.2) is 0 Å². The maximum absolute atomic E-state index is 2.28. The van der Waals surface area contributed by atoms with Gasteiger partial charge in [0.05, 0.1) is 0 Å². The van der Waals surface area contributed by atoms with Crippen LogP contribution < -0.4 is 0 Å². The molecule has 13 heavy (non-hydrogen) atoms. The molecule has 0 N–H and O–H groups in total. The lowest BCUT2D eigenvalue weighted by Crippen LogP contribution is -1.89. The Morgan fingerprint density at radius 1 is 1.15 bits per heavy atom. The zero-order chi connectivity index (χ0) is 8.84. The van der Waals surface area contributed by atoms with Crippen molar-refractivity contribution >= 4 is 0 Å². The van der Waals surface area contributed by atoms with Gasteiger partial charge in [-0.15, -0.1) is 0 Å². The molecule has 0 amide bonds. The van der Waals surface area contributed by atoms with E-state index in [2.05, 4.69) is 48.0 Å². The van der Waals surface area contributed by atoms with Crippen LogP contribution in [0, 0.1) is 6.92 Å². The second kappa shape index (κ2) is 2.25. The van der Waals surface area contributed by atoms with Gasteiger partial charge in [0.25, 0.3) is 0 Å². The highest BCUT2D eigenvalue weighted by atomic mass is 15.0. The van der Waals surface area contributed by atoms with Crippen molar-refractivity contribution in [1.82, 2.24) is 4.57 Å². The van der Waals surface area contributed by atoms with Crippen LogP contribution in [0.2, 0.25) is 0 Å². The van der Waals surface area contributed by atoms with E-state index in [4.69, 9.17) is 0 Å². The summed E-state index contributed by atoms with van der Waals surface area (Å²) >= 11 is 0. The minimum atomic E-state index is 1.09. The molecular weight excluding hydrogens is 158 g/mol. The van der Waals surface area contributed by atoms with Gasteiger partial charge >= 0.3 is 0 Å². The second-order valence-electron chi connectivity index (χ2n) is 3.62. The number of aryl methyl sites for hydroxylation is 1. The summed E-state index contributed by atoms with van der Waals surface area (Å²) in [5, 5.41) is 0. The van der Waals surface area contributed by atoms with E-state index < -0.39 is 0 Å². The molecule has 0 radical (unpaired) electrons. The fraction of sp³-hybridized carbons (Fsp3) is 0.167. The van der Waals surface area contributed by atoms with Gasteiger partial charge in [0.1, 0.15) is 0 Å². The standard InChI is InChI=1S/C12H11N/c1-9-4-2-6-12-11(9)8-10-5-3-7-13(10)12/h2-7H,8H2,1H3. The normalized spacial score (nSPS) is 12.7. The number of rotatable bonds is 0. The van der Waals surface area contributed by atoms with E-state index in [9.17, 15) is 0 Å². The Morgan fingerprint density at radius 3 is 3.00 bits per heavy atom. The molecule has 2 aromatic rings. The Kier molecular flexibility index (Phi) is 1.21. The Balaban J connectivity index is 2.34. The zero-order valence-electron chi connectivity index (χ0n) is 7.62. The van der Waals surface area contributed by atoms with Crippen LogP contribution in [0.15, 0.2) is 36.5 Å². The molecule has 1 nitrogen and oxygen atoms in total. The number of hydrogen-bond donors (Lipinski definition) is 0. The van der Waals surface area contributed by atoms with E-state index in [0.717, 1.165) is 6.42 Å². The lowest BCUT2D eigenvalue weighted by Gasteiger charge is -2.03. The van der Waals surface area contributed by atoms with E-state index in [1.54, 1.807) is 0 Å². The first kappa shape index (κ1) is 6.96.